The van der Waals surface area contributed by atoms with Crippen molar-refractivity contribution in [1.82, 2.24) is 0 Å². The highest BCUT2D eigenvalue weighted by Crippen LogP contribution is 2.34. The van der Waals surface area contributed by atoms with Crippen molar-refractivity contribution >= 4 is 0 Å². The molecular formula is C15H22O5. The summed E-state index contributed by atoms with van der Waals surface area (Å²) in [5, 5.41) is 19.9. The third-order valence-corrected chi connectivity index (χ3v) is 3.45. The third kappa shape index (κ3) is 3.19. The van der Waals surface area contributed by atoms with Crippen LogP contribution in [0.25, 0.3) is 0 Å². The second-order valence-electron chi connectivity index (χ2n) is 5.38. The van der Waals surface area contributed by atoms with E-state index in [2.05, 4.69) is 0 Å². The Bertz CT molecular complexity index is 420. The van der Waals surface area contributed by atoms with Gasteiger partial charge in [0.1, 0.15) is 24.4 Å². The van der Waals surface area contributed by atoms with Gasteiger partial charge in [-0.15, -0.1) is 0 Å². The Morgan fingerprint density at radius 1 is 1.25 bits per heavy atom. The Morgan fingerprint density at radius 2 is 1.90 bits per heavy atom. The summed E-state index contributed by atoms with van der Waals surface area (Å²) < 4.78 is 16.8. The van der Waals surface area contributed by atoms with Crippen molar-refractivity contribution < 1.29 is 24.4 Å². The fourth-order valence-corrected chi connectivity index (χ4v) is 2.57. The lowest BCUT2D eigenvalue weighted by Gasteiger charge is -2.29. The van der Waals surface area contributed by atoms with Gasteiger partial charge < -0.3 is 24.4 Å². The van der Waals surface area contributed by atoms with Gasteiger partial charge in [-0.25, -0.2) is 0 Å². The van der Waals surface area contributed by atoms with E-state index in [4.69, 9.17) is 14.2 Å². The molecule has 5 heteroatoms. The summed E-state index contributed by atoms with van der Waals surface area (Å²) in [7, 11) is 1.51. The zero-order valence-electron chi connectivity index (χ0n) is 12.0. The van der Waals surface area contributed by atoms with Crippen LogP contribution < -0.4 is 0 Å². The van der Waals surface area contributed by atoms with Crippen LogP contribution in [-0.4, -0.2) is 48.0 Å². The third-order valence-electron chi connectivity index (χ3n) is 3.45. The number of rotatable bonds is 5. The molecule has 0 amide bonds. The Balaban J connectivity index is 2.19. The summed E-state index contributed by atoms with van der Waals surface area (Å²) in [4.78, 5) is 0. The quantitative estimate of drug-likeness (QED) is 0.850. The first-order chi connectivity index (χ1) is 9.48. The van der Waals surface area contributed by atoms with Gasteiger partial charge in [0.05, 0.1) is 6.61 Å². The molecule has 0 spiro atoms. The van der Waals surface area contributed by atoms with Crippen molar-refractivity contribution in [3.8, 4) is 0 Å². The van der Waals surface area contributed by atoms with E-state index in [1.165, 1.54) is 7.11 Å². The SMILES string of the molecule is CO[C@@H](C(O)c1ccccc1)[C@H]1OC(C)(C)O[C@H]1CO. The van der Waals surface area contributed by atoms with Gasteiger partial charge in [-0.2, -0.15) is 0 Å². The molecule has 2 N–H and O–H groups in total. The summed E-state index contributed by atoms with van der Waals surface area (Å²) in [5.41, 5.74) is 0.740. The first-order valence-corrected chi connectivity index (χ1v) is 6.71. The highest BCUT2D eigenvalue weighted by atomic mass is 16.8. The average molecular weight is 282 g/mol. The second kappa shape index (κ2) is 6.20. The molecule has 1 aliphatic heterocycles. The van der Waals surface area contributed by atoms with E-state index in [0.29, 0.717) is 0 Å². The summed E-state index contributed by atoms with van der Waals surface area (Å²) in [6, 6.07) is 9.24. The maximum Gasteiger partial charge on any atom is 0.164 e. The molecule has 112 valence electrons. The first kappa shape index (κ1) is 15.4. The molecule has 1 unspecified atom stereocenters. The van der Waals surface area contributed by atoms with Crippen LogP contribution in [0.1, 0.15) is 25.5 Å². The van der Waals surface area contributed by atoms with Gasteiger partial charge in [-0.05, 0) is 19.4 Å². The largest absolute Gasteiger partial charge is 0.394 e. The van der Waals surface area contributed by atoms with Crippen molar-refractivity contribution in [3.63, 3.8) is 0 Å². The van der Waals surface area contributed by atoms with Crippen LogP contribution in [0.15, 0.2) is 30.3 Å². The van der Waals surface area contributed by atoms with Crippen LogP contribution in [0.5, 0.6) is 0 Å². The normalized spacial score (nSPS) is 28.2. The smallest absolute Gasteiger partial charge is 0.164 e. The molecule has 20 heavy (non-hydrogen) atoms. The van der Waals surface area contributed by atoms with Gasteiger partial charge in [-0.1, -0.05) is 30.3 Å². The van der Waals surface area contributed by atoms with Crippen LogP contribution in [-0.2, 0) is 14.2 Å². The molecule has 1 aromatic rings. The molecule has 1 aliphatic rings. The number of methoxy groups -OCH3 is 1. The van der Waals surface area contributed by atoms with Crippen molar-refractivity contribution in [3.05, 3.63) is 35.9 Å². The molecule has 1 fully saturated rings. The van der Waals surface area contributed by atoms with Gasteiger partial charge in [-0.3, -0.25) is 0 Å². The van der Waals surface area contributed by atoms with Gasteiger partial charge in [0.15, 0.2) is 5.79 Å². The summed E-state index contributed by atoms with van der Waals surface area (Å²) in [5.74, 6) is -0.800. The van der Waals surface area contributed by atoms with E-state index in [1.54, 1.807) is 13.8 Å². The molecular weight excluding hydrogens is 260 g/mol. The molecule has 1 aromatic carbocycles. The van der Waals surface area contributed by atoms with E-state index in [1.807, 2.05) is 30.3 Å². The molecule has 0 aromatic heterocycles. The average Bonchev–Trinajstić information content (AvgIpc) is 2.75. The zero-order valence-corrected chi connectivity index (χ0v) is 12.0. The van der Waals surface area contributed by atoms with Crippen molar-refractivity contribution in [2.24, 2.45) is 0 Å². The molecule has 1 saturated heterocycles. The van der Waals surface area contributed by atoms with Crippen LogP contribution in [0.3, 0.4) is 0 Å². The van der Waals surface area contributed by atoms with E-state index in [-0.39, 0.29) is 6.61 Å². The van der Waals surface area contributed by atoms with Gasteiger partial charge in [0.2, 0.25) is 0 Å². The van der Waals surface area contributed by atoms with E-state index in [9.17, 15) is 10.2 Å². The summed E-state index contributed by atoms with van der Waals surface area (Å²) in [6.07, 6.45) is -2.52. The fraction of sp³-hybridized carbons (Fsp3) is 0.600. The molecule has 1 heterocycles. The number of hydrogen-bond donors (Lipinski definition) is 2. The zero-order chi connectivity index (χ0) is 14.8. The lowest BCUT2D eigenvalue weighted by Crippen LogP contribution is -2.42. The van der Waals surface area contributed by atoms with E-state index >= 15 is 0 Å². The van der Waals surface area contributed by atoms with Crippen LogP contribution >= 0.6 is 0 Å². The number of aliphatic hydroxyl groups excluding tert-OH is 2. The maximum absolute atomic E-state index is 10.5. The highest BCUT2D eigenvalue weighted by molar-refractivity contribution is 5.19. The first-order valence-electron chi connectivity index (χ1n) is 6.71. The number of aliphatic hydroxyl groups is 2. The minimum absolute atomic E-state index is 0.185. The van der Waals surface area contributed by atoms with Gasteiger partial charge in [0.25, 0.3) is 0 Å². The van der Waals surface area contributed by atoms with Gasteiger partial charge in [0, 0.05) is 7.11 Å². The number of hydrogen-bond acceptors (Lipinski definition) is 5. The molecule has 0 aliphatic carbocycles. The molecule has 0 bridgehead atoms. The van der Waals surface area contributed by atoms with Crippen LogP contribution in [0.4, 0.5) is 0 Å². The summed E-state index contributed by atoms with van der Waals surface area (Å²) >= 11 is 0. The lowest BCUT2D eigenvalue weighted by atomic mass is 9.97. The van der Waals surface area contributed by atoms with Crippen molar-refractivity contribution in [2.45, 2.75) is 44.1 Å². The maximum atomic E-state index is 10.5. The van der Waals surface area contributed by atoms with Crippen molar-refractivity contribution in [2.75, 3.05) is 13.7 Å². The Morgan fingerprint density at radius 3 is 2.45 bits per heavy atom. The number of benzene rings is 1. The Hall–Kier alpha value is -0.980. The highest BCUT2D eigenvalue weighted by Gasteiger charge is 2.47. The lowest BCUT2D eigenvalue weighted by molar-refractivity contribution is -0.167. The summed E-state index contributed by atoms with van der Waals surface area (Å²) in [6.45, 7) is 3.37. The topological polar surface area (TPSA) is 68.2 Å². The Labute approximate surface area is 119 Å². The van der Waals surface area contributed by atoms with Crippen LogP contribution in [0, 0.1) is 0 Å². The predicted molar refractivity (Wildman–Crippen MR) is 73.1 cm³/mol. The van der Waals surface area contributed by atoms with Crippen molar-refractivity contribution in [1.29, 1.82) is 0 Å². The molecule has 0 saturated carbocycles. The molecule has 4 atom stereocenters. The van der Waals surface area contributed by atoms with Gasteiger partial charge >= 0.3 is 0 Å². The molecule has 2 rings (SSSR count). The molecule has 5 nitrogen and oxygen atoms in total. The predicted octanol–water partition coefficient (Wildman–Crippen LogP) is 1.25. The number of ether oxygens (including phenoxy) is 3. The van der Waals surface area contributed by atoms with E-state index < -0.39 is 30.2 Å². The van der Waals surface area contributed by atoms with E-state index in [0.717, 1.165) is 5.56 Å². The minimum atomic E-state index is -0.849. The van der Waals surface area contributed by atoms with Crippen LogP contribution in [0.2, 0.25) is 0 Å². The minimum Gasteiger partial charge on any atom is -0.394 e. The second-order valence-corrected chi connectivity index (χ2v) is 5.38. The standard InChI is InChI=1S/C15H22O5/c1-15(2)19-11(9-16)13(20-15)14(18-3)12(17)10-7-5-4-6-8-10/h4-8,11-14,16-17H,9H2,1-3H3/t11-,12?,13-,14-/m0/s1. The molecule has 0 radical (unpaired) electrons. The Kier molecular flexibility index (Phi) is 4.78. The fourth-order valence-electron chi connectivity index (χ4n) is 2.57. The monoisotopic (exact) mass is 282 g/mol.